The summed E-state index contributed by atoms with van der Waals surface area (Å²) >= 11 is 0. The minimum atomic E-state index is -0.311. The van der Waals surface area contributed by atoms with Crippen LogP contribution < -0.4 is 19.8 Å². The number of fused-ring (bicyclic) bond motifs is 1. The summed E-state index contributed by atoms with van der Waals surface area (Å²) in [6.07, 6.45) is 10.3. The summed E-state index contributed by atoms with van der Waals surface area (Å²) in [6.45, 7) is 13.8. The number of aromatic amines is 1. The van der Waals surface area contributed by atoms with Crippen molar-refractivity contribution < 1.29 is 14.2 Å². The third-order valence-electron chi connectivity index (χ3n) is 5.13. The molecule has 5 nitrogen and oxygen atoms in total. The smallest absolute Gasteiger partial charge is 0.294 e. The number of benzene rings is 1. The second-order valence-electron chi connectivity index (χ2n) is 8.80. The predicted octanol–water partition coefficient (Wildman–Crippen LogP) is 7.12. The van der Waals surface area contributed by atoms with Gasteiger partial charge in [0.05, 0.1) is 12.1 Å². The van der Waals surface area contributed by atoms with Gasteiger partial charge in [0.1, 0.15) is 19.0 Å². The van der Waals surface area contributed by atoms with E-state index in [1.165, 1.54) is 11.1 Å². The van der Waals surface area contributed by atoms with Crippen molar-refractivity contribution in [3.63, 3.8) is 0 Å². The highest BCUT2D eigenvalue weighted by Crippen LogP contribution is 2.33. The molecule has 180 valence electrons. The Bertz CT molecular complexity index is 1050. The highest BCUT2D eigenvalue weighted by atomic mass is 16.5. The van der Waals surface area contributed by atoms with Gasteiger partial charge in [0.2, 0.25) is 5.75 Å². The summed E-state index contributed by atoms with van der Waals surface area (Å²) in [4.78, 5) is 15.8. The van der Waals surface area contributed by atoms with Gasteiger partial charge in [0, 0.05) is 11.5 Å². The van der Waals surface area contributed by atoms with E-state index in [-0.39, 0.29) is 11.3 Å². The number of hydrogen-bond acceptors (Lipinski definition) is 4. The van der Waals surface area contributed by atoms with Crippen LogP contribution in [0.1, 0.15) is 67.2 Å². The molecule has 1 heterocycles. The van der Waals surface area contributed by atoms with Gasteiger partial charge in [0.15, 0.2) is 5.75 Å². The molecule has 1 aromatic carbocycles. The van der Waals surface area contributed by atoms with Crippen molar-refractivity contribution in [2.75, 3.05) is 19.8 Å². The SMILES string of the molecule is CCCCOc1ccc2c(OC/C=C(\C)CCC=C(C)C)c(OCC=C(C)C)c(=O)[nH]c2c1. The number of nitrogens with one attached hydrogen (secondary N) is 1. The van der Waals surface area contributed by atoms with E-state index in [0.717, 1.165) is 42.4 Å². The molecular weight excluding hydrogens is 414 g/mol. The zero-order valence-electron chi connectivity index (χ0n) is 21.0. The number of ether oxygens (including phenoxy) is 3. The Morgan fingerprint density at radius 3 is 2.30 bits per heavy atom. The summed E-state index contributed by atoms with van der Waals surface area (Å²) < 4.78 is 17.8. The molecule has 0 saturated heterocycles. The largest absolute Gasteiger partial charge is 0.494 e. The number of rotatable bonds is 13. The predicted molar refractivity (Wildman–Crippen MR) is 138 cm³/mol. The monoisotopic (exact) mass is 453 g/mol. The van der Waals surface area contributed by atoms with E-state index in [9.17, 15) is 4.79 Å². The van der Waals surface area contributed by atoms with Crippen molar-refractivity contribution in [3.8, 4) is 17.2 Å². The summed E-state index contributed by atoms with van der Waals surface area (Å²) in [6, 6.07) is 5.67. The molecule has 0 aliphatic carbocycles. The quantitative estimate of drug-likeness (QED) is 0.259. The lowest BCUT2D eigenvalue weighted by Crippen LogP contribution is -2.14. The minimum absolute atomic E-state index is 0.204. The number of allylic oxidation sites excluding steroid dienone is 4. The van der Waals surface area contributed by atoms with E-state index >= 15 is 0 Å². The Labute approximate surface area is 198 Å². The average Bonchev–Trinajstić information content (AvgIpc) is 2.75. The van der Waals surface area contributed by atoms with Crippen molar-refractivity contribution in [1.82, 2.24) is 4.98 Å². The molecule has 1 N–H and O–H groups in total. The second kappa shape index (κ2) is 13.6. The lowest BCUT2D eigenvalue weighted by atomic mass is 10.1. The van der Waals surface area contributed by atoms with Crippen molar-refractivity contribution in [1.29, 1.82) is 0 Å². The van der Waals surface area contributed by atoms with Crippen LogP contribution in [-0.2, 0) is 0 Å². The normalized spacial score (nSPS) is 11.3. The van der Waals surface area contributed by atoms with Gasteiger partial charge in [-0.2, -0.15) is 0 Å². The average molecular weight is 454 g/mol. The van der Waals surface area contributed by atoms with Crippen molar-refractivity contribution >= 4 is 10.9 Å². The van der Waals surface area contributed by atoms with Crippen molar-refractivity contribution in [3.05, 3.63) is 63.5 Å². The molecular formula is C28H39NO4. The van der Waals surface area contributed by atoms with Gasteiger partial charge in [-0.3, -0.25) is 4.79 Å². The number of unbranched alkanes of at least 4 members (excludes halogenated alkanes) is 1. The van der Waals surface area contributed by atoms with E-state index < -0.39 is 0 Å². The molecule has 1 aromatic heterocycles. The van der Waals surface area contributed by atoms with Crippen LogP contribution in [0.3, 0.4) is 0 Å². The zero-order valence-corrected chi connectivity index (χ0v) is 21.0. The Morgan fingerprint density at radius 2 is 1.61 bits per heavy atom. The van der Waals surface area contributed by atoms with Gasteiger partial charge in [-0.1, -0.05) is 36.1 Å². The van der Waals surface area contributed by atoms with Crippen LogP contribution >= 0.6 is 0 Å². The Morgan fingerprint density at radius 1 is 0.909 bits per heavy atom. The molecule has 33 heavy (non-hydrogen) atoms. The molecule has 0 aliphatic rings. The van der Waals surface area contributed by atoms with Crippen LogP contribution in [0.15, 0.2) is 57.9 Å². The number of hydrogen-bond donors (Lipinski definition) is 1. The van der Waals surface area contributed by atoms with E-state index in [4.69, 9.17) is 14.2 Å². The molecule has 0 fully saturated rings. The molecule has 2 aromatic rings. The Hall–Kier alpha value is -2.95. The first-order valence-electron chi connectivity index (χ1n) is 11.8. The van der Waals surface area contributed by atoms with Gasteiger partial charge in [-0.05, 0) is 78.2 Å². The van der Waals surface area contributed by atoms with E-state index in [0.29, 0.717) is 31.1 Å². The van der Waals surface area contributed by atoms with E-state index in [1.807, 2.05) is 38.1 Å². The fourth-order valence-electron chi connectivity index (χ4n) is 3.18. The van der Waals surface area contributed by atoms with Gasteiger partial charge < -0.3 is 19.2 Å². The maximum Gasteiger partial charge on any atom is 0.294 e. The lowest BCUT2D eigenvalue weighted by molar-refractivity contribution is 0.305. The van der Waals surface area contributed by atoms with Crippen LogP contribution in [-0.4, -0.2) is 24.8 Å². The van der Waals surface area contributed by atoms with Gasteiger partial charge in [-0.15, -0.1) is 0 Å². The molecule has 0 unspecified atom stereocenters. The fraction of sp³-hybridized carbons (Fsp3) is 0.464. The van der Waals surface area contributed by atoms with Gasteiger partial charge in [0.25, 0.3) is 5.56 Å². The highest BCUT2D eigenvalue weighted by molar-refractivity contribution is 5.88. The maximum absolute atomic E-state index is 12.9. The Kier molecular flexibility index (Phi) is 10.8. The molecule has 0 bridgehead atoms. The minimum Gasteiger partial charge on any atom is -0.494 e. The third-order valence-corrected chi connectivity index (χ3v) is 5.13. The molecule has 0 radical (unpaired) electrons. The topological polar surface area (TPSA) is 60.6 Å². The first kappa shape index (κ1) is 26.3. The molecule has 0 atom stereocenters. The second-order valence-corrected chi connectivity index (χ2v) is 8.80. The summed E-state index contributed by atoms with van der Waals surface area (Å²) in [5.74, 6) is 1.39. The third kappa shape index (κ3) is 8.83. The molecule has 0 aliphatic heterocycles. The van der Waals surface area contributed by atoms with Crippen LogP contribution in [0.4, 0.5) is 0 Å². The van der Waals surface area contributed by atoms with Gasteiger partial charge in [-0.25, -0.2) is 0 Å². The van der Waals surface area contributed by atoms with E-state index in [1.54, 1.807) is 0 Å². The van der Waals surface area contributed by atoms with Crippen LogP contribution in [0.25, 0.3) is 10.9 Å². The number of aromatic nitrogens is 1. The maximum atomic E-state index is 12.9. The first-order valence-corrected chi connectivity index (χ1v) is 11.8. The van der Waals surface area contributed by atoms with Crippen LogP contribution in [0.5, 0.6) is 17.2 Å². The van der Waals surface area contributed by atoms with Gasteiger partial charge >= 0.3 is 0 Å². The lowest BCUT2D eigenvalue weighted by Gasteiger charge is -2.14. The molecule has 5 heteroatoms. The molecule has 0 amide bonds. The van der Waals surface area contributed by atoms with Crippen molar-refractivity contribution in [2.45, 2.75) is 67.2 Å². The van der Waals surface area contributed by atoms with Crippen LogP contribution in [0.2, 0.25) is 0 Å². The summed E-state index contributed by atoms with van der Waals surface area (Å²) in [7, 11) is 0. The summed E-state index contributed by atoms with van der Waals surface area (Å²) in [5, 5.41) is 0.792. The fourth-order valence-corrected chi connectivity index (χ4v) is 3.18. The van der Waals surface area contributed by atoms with Crippen LogP contribution in [0, 0.1) is 0 Å². The van der Waals surface area contributed by atoms with Crippen molar-refractivity contribution in [2.24, 2.45) is 0 Å². The molecule has 0 saturated carbocycles. The molecule has 0 spiro atoms. The Balaban J connectivity index is 2.31. The number of pyridine rings is 1. The number of H-pyrrole nitrogens is 1. The molecule has 2 rings (SSSR count). The summed E-state index contributed by atoms with van der Waals surface area (Å²) in [5.41, 5.74) is 4.06. The standard InChI is InChI=1S/C28H39NO4/c1-7-8-16-31-23-12-13-24-25(19-23)29-28(30)27(33-17-14-21(4)5)26(24)32-18-15-22(6)11-9-10-20(2)3/h10,12-15,19H,7-9,11,16-18H2,1-6H3,(H,29,30)/b22-15+. The van der Waals surface area contributed by atoms with E-state index in [2.05, 4.69) is 44.8 Å². The highest BCUT2D eigenvalue weighted by Gasteiger charge is 2.16. The first-order chi connectivity index (χ1) is 15.8. The zero-order chi connectivity index (χ0) is 24.2.